The molecule has 2 rings (SSSR count). The Balaban J connectivity index is 2.16. The van der Waals surface area contributed by atoms with Gasteiger partial charge in [0.1, 0.15) is 6.17 Å². The van der Waals surface area contributed by atoms with Crippen molar-refractivity contribution >= 4 is 56.6 Å². The van der Waals surface area contributed by atoms with Crippen molar-refractivity contribution in [2.45, 2.75) is 36.0 Å². The maximum Gasteiger partial charge on any atom is 0.252 e. The second-order valence-electron chi connectivity index (χ2n) is 5.64. The maximum atomic E-state index is 12.5. The first-order chi connectivity index (χ1) is 10.7. The largest absolute Gasteiger partial charge is 0.373 e. The number of nitrogens with zero attached hydrogens (tertiary/aromatic N) is 1. The van der Waals surface area contributed by atoms with Crippen LogP contribution in [0.25, 0.3) is 0 Å². The first-order valence-electron chi connectivity index (χ1n) is 7.19. The second kappa shape index (κ2) is 7.89. The molecule has 0 aliphatic carbocycles. The van der Waals surface area contributed by atoms with Gasteiger partial charge in [0, 0.05) is 23.1 Å². The number of carbonyl (C=O) groups excluding carboxylic acids is 1. The Morgan fingerprint density at radius 2 is 1.78 bits per heavy atom. The van der Waals surface area contributed by atoms with Crippen molar-refractivity contribution in [3.8, 4) is 0 Å². The zero-order valence-electron chi connectivity index (χ0n) is 12.7. The molecule has 1 aromatic carbocycles. The number of ether oxygens (including phenoxy) is 1. The summed E-state index contributed by atoms with van der Waals surface area (Å²) in [4.78, 5) is 14.4. The zero-order valence-corrected chi connectivity index (χ0v) is 16.6. The van der Waals surface area contributed by atoms with Crippen LogP contribution in [-0.4, -0.2) is 46.1 Å². The molecule has 1 aromatic rings. The lowest BCUT2D eigenvalue weighted by Crippen LogP contribution is -2.60. The first-order valence-corrected chi connectivity index (χ1v) is 9.12. The summed E-state index contributed by atoms with van der Waals surface area (Å²) in [6, 6.07) is 7.00. The molecular formula is C15H18BrCl3N2O2. The smallest absolute Gasteiger partial charge is 0.252 e. The van der Waals surface area contributed by atoms with E-state index in [1.54, 1.807) is 24.3 Å². The summed E-state index contributed by atoms with van der Waals surface area (Å²) in [6.45, 7) is 5.05. The third kappa shape index (κ3) is 5.48. The summed E-state index contributed by atoms with van der Waals surface area (Å²) >= 11 is 21.7. The van der Waals surface area contributed by atoms with Crippen LogP contribution in [0.1, 0.15) is 24.2 Å². The third-order valence-electron chi connectivity index (χ3n) is 3.50. The lowest BCUT2D eigenvalue weighted by Gasteiger charge is -2.42. The molecule has 0 saturated carbocycles. The Morgan fingerprint density at radius 3 is 2.26 bits per heavy atom. The van der Waals surface area contributed by atoms with Crippen molar-refractivity contribution < 1.29 is 9.53 Å². The van der Waals surface area contributed by atoms with Gasteiger partial charge in [0.05, 0.1) is 12.2 Å². The van der Waals surface area contributed by atoms with Gasteiger partial charge in [-0.1, -0.05) is 50.7 Å². The van der Waals surface area contributed by atoms with E-state index >= 15 is 0 Å². The van der Waals surface area contributed by atoms with Crippen molar-refractivity contribution in [1.82, 2.24) is 10.2 Å². The maximum absolute atomic E-state index is 12.5. The molecule has 1 saturated heterocycles. The molecule has 1 amide bonds. The summed E-state index contributed by atoms with van der Waals surface area (Å²) in [7, 11) is 0. The summed E-state index contributed by atoms with van der Waals surface area (Å²) < 4.78 is 4.93. The van der Waals surface area contributed by atoms with Gasteiger partial charge in [-0.25, -0.2) is 0 Å². The molecule has 1 fully saturated rings. The van der Waals surface area contributed by atoms with Crippen LogP contribution in [0, 0.1) is 0 Å². The Bertz CT molecular complexity index is 541. The Kier molecular flexibility index (Phi) is 6.62. The van der Waals surface area contributed by atoms with E-state index in [4.69, 9.17) is 39.5 Å². The number of morpholine rings is 1. The van der Waals surface area contributed by atoms with E-state index in [2.05, 4.69) is 21.2 Å². The van der Waals surface area contributed by atoms with Crippen molar-refractivity contribution in [2.75, 3.05) is 13.1 Å². The van der Waals surface area contributed by atoms with E-state index in [1.807, 2.05) is 18.7 Å². The Morgan fingerprint density at radius 1 is 1.26 bits per heavy atom. The SMILES string of the molecule is C[C@@H]1CN([C@H](NC(=O)c2ccc(Br)cc2)C(Cl)(Cl)Cl)C[C@@H](C)O1. The number of alkyl halides is 3. The lowest BCUT2D eigenvalue weighted by molar-refractivity contribution is -0.0826. The van der Waals surface area contributed by atoms with Crippen molar-refractivity contribution in [3.63, 3.8) is 0 Å². The minimum absolute atomic E-state index is 0.00168. The highest BCUT2D eigenvalue weighted by Gasteiger charge is 2.41. The van der Waals surface area contributed by atoms with E-state index in [9.17, 15) is 4.79 Å². The molecule has 0 unspecified atom stereocenters. The summed E-state index contributed by atoms with van der Waals surface area (Å²) in [5.41, 5.74) is 0.502. The van der Waals surface area contributed by atoms with Gasteiger partial charge in [0.25, 0.3) is 5.91 Å². The molecule has 128 valence electrons. The molecular weight excluding hydrogens is 426 g/mol. The molecule has 1 heterocycles. The molecule has 1 N–H and O–H groups in total. The molecule has 1 aliphatic rings. The number of hydrogen-bond donors (Lipinski definition) is 1. The van der Waals surface area contributed by atoms with E-state index < -0.39 is 9.96 Å². The second-order valence-corrected chi connectivity index (χ2v) is 8.92. The Labute approximate surface area is 159 Å². The minimum atomic E-state index is -1.65. The summed E-state index contributed by atoms with van der Waals surface area (Å²) in [5, 5.41) is 2.82. The monoisotopic (exact) mass is 442 g/mol. The van der Waals surface area contributed by atoms with Crippen molar-refractivity contribution in [3.05, 3.63) is 34.3 Å². The standard InChI is InChI=1S/C15H18BrCl3N2O2/c1-9-7-21(8-10(2)23-9)14(15(17,18)19)20-13(22)11-3-5-12(16)6-4-11/h3-6,9-10,14H,7-8H2,1-2H3,(H,20,22)/t9-,10-,14+/m1/s1. The van der Waals surface area contributed by atoms with Crippen molar-refractivity contribution in [1.29, 1.82) is 0 Å². The lowest BCUT2D eigenvalue weighted by atomic mass is 10.2. The molecule has 0 spiro atoms. The van der Waals surface area contributed by atoms with Crippen LogP contribution in [0.4, 0.5) is 0 Å². The molecule has 8 heteroatoms. The van der Waals surface area contributed by atoms with Crippen LogP contribution in [-0.2, 0) is 4.74 Å². The summed E-state index contributed by atoms with van der Waals surface area (Å²) in [5.74, 6) is -0.291. The number of rotatable bonds is 3. The van der Waals surface area contributed by atoms with Crippen LogP contribution >= 0.6 is 50.7 Å². The van der Waals surface area contributed by atoms with E-state index in [0.717, 1.165) is 4.47 Å². The fourth-order valence-electron chi connectivity index (χ4n) is 2.62. The van der Waals surface area contributed by atoms with Crippen LogP contribution in [0.2, 0.25) is 0 Å². The van der Waals surface area contributed by atoms with E-state index in [-0.39, 0.29) is 18.1 Å². The number of nitrogens with one attached hydrogen (secondary N) is 1. The van der Waals surface area contributed by atoms with Gasteiger partial charge in [-0.2, -0.15) is 0 Å². The highest BCUT2D eigenvalue weighted by atomic mass is 79.9. The number of amides is 1. The molecule has 1 aliphatic heterocycles. The predicted molar refractivity (Wildman–Crippen MR) is 97.3 cm³/mol. The normalized spacial score (nSPS) is 24.3. The zero-order chi connectivity index (χ0) is 17.2. The number of hydrogen-bond acceptors (Lipinski definition) is 3. The average molecular weight is 445 g/mol. The van der Waals surface area contributed by atoms with Crippen LogP contribution in [0.5, 0.6) is 0 Å². The third-order valence-corrected chi connectivity index (χ3v) is 4.65. The highest BCUT2D eigenvalue weighted by molar-refractivity contribution is 9.10. The van der Waals surface area contributed by atoms with Crippen LogP contribution in [0.15, 0.2) is 28.7 Å². The number of carbonyl (C=O) groups is 1. The van der Waals surface area contributed by atoms with Gasteiger partial charge in [0.15, 0.2) is 0 Å². The molecule has 23 heavy (non-hydrogen) atoms. The van der Waals surface area contributed by atoms with Gasteiger partial charge in [-0.3, -0.25) is 9.69 Å². The average Bonchev–Trinajstić information content (AvgIpc) is 2.42. The molecule has 0 bridgehead atoms. The predicted octanol–water partition coefficient (Wildman–Crippen LogP) is 3.98. The highest BCUT2D eigenvalue weighted by Crippen LogP contribution is 2.33. The van der Waals surface area contributed by atoms with Crippen LogP contribution in [0.3, 0.4) is 0 Å². The number of halogens is 4. The van der Waals surface area contributed by atoms with Gasteiger partial charge < -0.3 is 10.1 Å². The topological polar surface area (TPSA) is 41.6 Å². The van der Waals surface area contributed by atoms with Gasteiger partial charge in [-0.15, -0.1) is 0 Å². The van der Waals surface area contributed by atoms with Gasteiger partial charge >= 0.3 is 0 Å². The van der Waals surface area contributed by atoms with Gasteiger partial charge in [0.2, 0.25) is 3.79 Å². The van der Waals surface area contributed by atoms with Crippen molar-refractivity contribution in [2.24, 2.45) is 0 Å². The molecule has 3 atom stereocenters. The first kappa shape index (κ1) is 19.3. The quantitative estimate of drug-likeness (QED) is 0.717. The van der Waals surface area contributed by atoms with Gasteiger partial charge in [-0.05, 0) is 38.1 Å². The fraction of sp³-hybridized carbons (Fsp3) is 0.533. The summed E-state index contributed by atoms with van der Waals surface area (Å²) in [6.07, 6.45) is -0.742. The molecule has 0 radical (unpaired) electrons. The number of benzene rings is 1. The fourth-order valence-corrected chi connectivity index (χ4v) is 3.46. The molecule has 4 nitrogen and oxygen atoms in total. The Hall–Kier alpha value is -0.0400. The van der Waals surface area contributed by atoms with E-state index in [0.29, 0.717) is 18.7 Å². The van der Waals surface area contributed by atoms with E-state index in [1.165, 1.54) is 0 Å². The van der Waals surface area contributed by atoms with Crippen LogP contribution < -0.4 is 5.32 Å². The molecule has 0 aromatic heterocycles. The minimum Gasteiger partial charge on any atom is -0.373 e.